The van der Waals surface area contributed by atoms with Gasteiger partial charge < -0.3 is 14.2 Å². The monoisotopic (exact) mass is 450 g/mol. The summed E-state index contributed by atoms with van der Waals surface area (Å²) in [4.78, 5) is 40.0. The molecule has 1 unspecified atom stereocenters. The minimum atomic E-state index is -1.10. The molecule has 4 amide bonds. The van der Waals surface area contributed by atoms with Crippen LogP contribution in [-0.2, 0) is 29.1 Å². The van der Waals surface area contributed by atoms with Gasteiger partial charge in [-0.25, -0.2) is 4.79 Å². The quantitative estimate of drug-likeness (QED) is 0.460. The van der Waals surface area contributed by atoms with Crippen molar-refractivity contribution in [3.63, 3.8) is 0 Å². The normalized spacial score (nSPS) is 18.1. The van der Waals surface area contributed by atoms with E-state index in [1.54, 1.807) is 36.5 Å². The Kier molecular flexibility index (Phi) is 6.60. The Balaban J connectivity index is 1.37. The van der Waals surface area contributed by atoms with Gasteiger partial charge in [-0.05, 0) is 49.6 Å². The van der Waals surface area contributed by atoms with Gasteiger partial charge in [0.15, 0.2) is 0 Å². The van der Waals surface area contributed by atoms with Gasteiger partial charge in [-0.1, -0.05) is 30.3 Å². The number of nitrogens with zero attached hydrogens (tertiary/aromatic N) is 2. The lowest BCUT2D eigenvalue weighted by molar-refractivity contribution is -0.139. The van der Waals surface area contributed by atoms with Crippen LogP contribution in [0.5, 0.6) is 0 Å². The number of imide groups is 1. The highest BCUT2D eigenvalue weighted by Crippen LogP contribution is 2.22. The van der Waals surface area contributed by atoms with Crippen LogP contribution in [-0.4, -0.2) is 39.8 Å². The third kappa shape index (κ3) is 5.50. The Bertz CT molecular complexity index is 1050. The van der Waals surface area contributed by atoms with E-state index in [4.69, 9.17) is 8.83 Å². The van der Waals surface area contributed by atoms with Crippen LogP contribution in [0.2, 0.25) is 0 Å². The SMILES string of the molecule is CC1(CCc2ccccc2)NC(=O)N(NC(=O)CN(Cc2ccco2)Cc2ccco2)C1=O. The summed E-state index contributed by atoms with van der Waals surface area (Å²) in [5, 5.41) is 3.48. The van der Waals surface area contributed by atoms with Crippen molar-refractivity contribution < 1.29 is 23.2 Å². The molecule has 0 radical (unpaired) electrons. The number of benzene rings is 1. The van der Waals surface area contributed by atoms with Crippen molar-refractivity contribution in [2.45, 2.75) is 38.4 Å². The Labute approximate surface area is 191 Å². The van der Waals surface area contributed by atoms with Crippen LogP contribution in [0.3, 0.4) is 0 Å². The standard InChI is InChI=1S/C24H26N4O5/c1-24(12-11-18-7-3-2-4-8-18)22(30)28(23(31)25-24)26-21(29)17-27(15-19-9-5-13-32-19)16-20-10-6-14-33-20/h2-10,13-14H,11-12,15-17H2,1H3,(H,25,31)(H,26,29). The zero-order valence-electron chi connectivity index (χ0n) is 18.3. The van der Waals surface area contributed by atoms with Crippen LogP contribution in [0.4, 0.5) is 4.79 Å². The fourth-order valence-corrected chi connectivity index (χ4v) is 3.77. The van der Waals surface area contributed by atoms with Gasteiger partial charge in [0.05, 0.1) is 32.2 Å². The van der Waals surface area contributed by atoms with Crippen LogP contribution in [0.15, 0.2) is 76.0 Å². The maximum absolute atomic E-state index is 13.0. The van der Waals surface area contributed by atoms with E-state index in [0.717, 1.165) is 10.6 Å². The summed E-state index contributed by atoms with van der Waals surface area (Å²) in [5.41, 5.74) is 2.42. The first-order valence-corrected chi connectivity index (χ1v) is 10.7. The highest BCUT2D eigenvalue weighted by molar-refractivity contribution is 6.07. The number of amides is 4. The van der Waals surface area contributed by atoms with Gasteiger partial charge >= 0.3 is 6.03 Å². The molecule has 2 N–H and O–H groups in total. The Morgan fingerprint density at radius 1 is 1.00 bits per heavy atom. The molecule has 172 valence electrons. The minimum Gasteiger partial charge on any atom is -0.468 e. The van der Waals surface area contributed by atoms with Gasteiger partial charge in [-0.15, -0.1) is 0 Å². The molecule has 3 aromatic rings. The van der Waals surface area contributed by atoms with E-state index in [-0.39, 0.29) is 6.54 Å². The molecule has 4 rings (SSSR count). The second kappa shape index (κ2) is 9.74. The van der Waals surface area contributed by atoms with Crippen LogP contribution >= 0.6 is 0 Å². The molecule has 0 saturated carbocycles. The second-order valence-corrected chi connectivity index (χ2v) is 8.23. The van der Waals surface area contributed by atoms with E-state index in [0.29, 0.717) is 37.5 Å². The van der Waals surface area contributed by atoms with Crippen molar-refractivity contribution in [3.05, 3.63) is 84.2 Å². The lowest BCUT2D eigenvalue weighted by Crippen LogP contribution is -2.51. The first kappa shape index (κ1) is 22.3. The molecule has 9 heteroatoms. The predicted octanol–water partition coefficient (Wildman–Crippen LogP) is 2.85. The number of hydrazine groups is 1. The molecule has 9 nitrogen and oxygen atoms in total. The molecule has 1 aliphatic rings. The van der Waals surface area contributed by atoms with Gasteiger partial charge in [-0.2, -0.15) is 5.01 Å². The fourth-order valence-electron chi connectivity index (χ4n) is 3.77. The topological polar surface area (TPSA) is 108 Å². The molecule has 1 atom stereocenters. The average molecular weight is 450 g/mol. The lowest BCUT2D eigenvalue weighted by atomic mass is 9.93. The van der Waals surface area contributed by atoms with Gasteiger partial charge in [0.1, 0.15) is 17.1 Å². The lowest BCUT2D eigenvalue weighted by Gasteiger charge is -2.23. The summed E-state index contributed by atoms with van der Waals surface area (Å²) in [5.74, 6) is 0.375. The van der Waals surface area contributed by atoms with Crippen molar-refractivity contribution in [1.82, 2.24) is 20.7 Å². The predicted molar refractivity (Wildman–Crippen MR) is 118 cm³/mol. The number of hydrogen-bond donors (Lipinski definition) is 2. The van der Waals surface area contributed by atoms with E-state index in [2.05, 4.69) is 10.7 Å². The number of rotatable bonds is 10. The molecule has 0 spiro atoms. The third-order valence-corrected chi connectivity index (χ3v) is 5.54. The number of urea groups is 1. The van der Waals surface area contributed by atoms with E-state index in [9.17, 15) is 14.4 Å². The zero-order valence-corrected chi connectivity index (χ0v) is 18.3. The number of carbonyl (C=O) groups is 3. The van der Waals surface area contributed by atoms with Crippen LogP contribution < -0.4 is 10.7 Å². The van der Waals surface area contributed by atoms with Gasteiger partial charge in [-0.3, -0.25) is 19.9 Å². The molecule has 0 bridgehead atoms. The molecule has 0 aliphatic carbocycles. The van der Waals surface area contributed by atoms with Crippen molar-refractivity contribution in [2.24, 2.45) is 0 Å². The number of hydrogen-bond acceptors (Lipinski definition) is 6. The smallest absolute Gasteiger partial charge is 0.344 e. The second-order valence-electron chi connectivity index (χ2n) is 8.23. The molecule has 1 fully saturated rings. The molecule has 33 heavy (non-hydrogen) atoms. The summed E-state index contributed by atoms with van der Waals surface area (Å²) >= 11 is 0. The Morgan fingerprint density at radius 3 is 2.21 bits per heavy atom. The average Bonchev–Trinajstić information content (AvgIpc) is 3.54. The van der Waals surface area contributed by atoms with Gasteiger partial charge in [0.2, 0.25) is 0 Å². The summed E-state index contributed by atoms with van der Waals surface area (Å²) in [6, 6.07) is 16.2. The van der Waals surface area contributed by atoms with Crippen molar-refractivity contribution >= 4 is 17.8 Å². The maximum atomic E-state index is 13.0. The van der Waals surface area contributed by atoms with Crippen molar-refractivity contribution in [3.8, 4) is 0 Å². The maximum Gasteiger partial charge on any atom is 0.344 e. The Hall–Kier alpha value is -3.85. The molecular weight excluding hydrogens is 424 g/mol. The Morgan fingerprint density at radius 2 is 1.64 bits per heavy atom. The third-order valence-electron chi connectivity index (χ3n) is 5.54. The number of furan rings is 2. The minimum absolute atomic E-state index is 0.0702. The van der Waals surface area contributed by atoms with E-state index in [1.165, 1.54) is 0 Å². The summed E-state index contributed by atoms with van der Waals surface area (Å²) in [6.45, 7) is 2.31. The number of nitrogens with one attached hydrogen (secondary N) is 2. The molecule has 3 heterocycles. The summed E-state index contributed by atoms with van der Waals surface area (Å²) < 4.78 is 10.8. The molecule has 2 aromatic heterocycles. The largest absolute Gasteiger partial charge is 0.468 e. The van der Waals surface area contributed by atoms with Crippen LogP contribution in [0, 0.1) is 0 Å². The molecular formula is C24H26N4O5. The molecule has 1 saturated heterocycles. The van der Waals surface area contributed by atoms with Crippen LogP contribution in [0.25, 0.3) is 0 Å². The van der Waals surface area contributed by atoms with Gasteiger partial charge in [0, 0.05) is 0 Å². The first-order chi connectivity index (χ1) is 15.9. The summed E-state index contributed by atoms with van der Waals surface area (Å²) in [6.07, 6.45) is 4.15. The molecule has 1 aliphatic heterocycles. The highest BCUT2D eigenvalue weighted by Gasteiger charge is 2.48. The van der Waals surface area contributed by atoms with Crippen LogP contribution in [0.1, 0.15) is 30.4 Å². The first-order valence-electron chi connectivity index (χ1n) is 10.7. The van der Waals surface area contributed by atoms with Crippen molar-refractivity contribution in [1.29, 1.82) is 0 Å². The number of carbonyl (C=O) groups excluding carboxylic acids is 3. The molecule has 1 aromatic carbocycles. The fraction of sp³-hybridized carbons (Fsp3) is 0.292. The summed E-state index contributed by atoms with van der Waals surface area (Å²) in [7, 11) is 0. The van der Waals surface area contributed by atoms with E-state index < -0.39 is 23.4 Å². The van der Waals surface area contributed by atoms with E-state index in [1.807, 2.05) is 42.5 Å². The van der Waals surface area contributed by atoms with E-state index >= 15 is 0 Å². The highest BCUT2D eigenvalue weighted by atomic mass is 16.3. The van der Waals surface area contributed by atoms with Crippen molar-refractivity contribution in [2.75, 3.05) is 6.54 Å². The number of aryl methyl sites for hydroxylation is 1. The zero-order chi connectivity index (χ0) is 23.3. The van der Waals surface area contributed by atoms with Gasteiger partial charge in [0.25, 0.3) is 11.8 Å².